The Kier molecular flexibility index (Phi) is 3.97. The largest absolute Gasteiger partial charge is 0.399 e. The molecule has 0 bridgehead atoms. The minimum atomic E-state index is 0.241. The molecule has 1 saturated heterocycles. The van der Waals surface area contributed by atoms with Crippen LogP contribution < -0.4 is 5.73 Å². The van der Waals surface area contributed by atoms with Gasteiger partial charge in [-0.1, -0.05) is 17.3 Å². The van der Waals surface area contributed by atoms with E-state index in [0.717, 1.165) is 42.9 Å². The van der Waals surface area contributed by atoms with Crippen LogP contribution in [0, 0.1) is 0 Å². The quantitative estimate of drug-likeness (QED) is 0.865. The maximum absolute atomic E-state index is 5.69. The van der Waals surface area contributed by atoms with Crippen molar-refractivity contribution in [3.63, 3.8) is 0 Å². The summed E-state index contributed by atoms with van der Waals surface area (Å²) in [6.45, 7) is 0.848. The molecule has 2 heterocycles. The molecule has 5 nitrogen and oxygen atoms in total. The van der Waals surface area contributed by atoms with Crippen LogP contribution in [0.25, 0.3) is 0 Å². The predicted molar refractivity (Wildman–Crippen MR) is 75.3 cm³/mol. The van der Waals surface area contributed by atoms with Crippen molar-refractivity contribution in [3.8, 4) is 0 Å². The SMILES string of the molecule is Nc1ccc(Cc2nc(CC3CCCCO3)no2)cc1. The fourth-order valence-electron chi connectivity index (χ4n) is 2.43. The first-order valence-corrected chi connectivity index (χ1v) is 7.07. The Hall–Kier alpha value is -1.88. The molecular formula is C15H19N3O2. The van der Waals surface area contributed by atoms with E-state index in [1.165, 1.54) is 6.42 Å². The van der Waals surface area contributed by atoms with E-state index in [2.05, 4.69) is 10.1 Å². The summed E-state index contributed by atoms with van der Waals surface area (Å²) < 4.78 is 11.0. The molecule has 1 aromatic heterocycles. The number of nitrogens with zero attached hydrogens (tertiary/aromatic N) is 2. The molecule has 3 rings (SSSR count). The first kappa shape index (κ1) is 13.1. The van der Waals surface area contributed by atoms with E-state index in [4.69, 9.17) is 15.0 Å². The standard InChI is InChI=1S/C15H19N3O2/c16-12-6-4-11(5-7-12)9-15-17-14(18-20-15)10-13-3-1-2-8-19-13/h4-7,13H,1-3,8-10,16H2. The summed E-state index contributed by atoms with van der Waals surface area (Å²) in [6.07, 6.45) is 5.09. The molecule has 1 fully saturated rings. The Morgan fingerprint density at radius 1 is 1.20 bits per heavy atom. The minimum absolute atomic E-state index is 0.241. The third-order valence-corrected chi connectivity index (χ3v) is 3.53. The monoisotopic (exact) mass is 273 g/mol. The molecule has 1 aliphatic rings. The van der Waals surface area contributed by atoms with E-state index in [0.29, 0.717) is 12.3 Å². The van der Waals surface area contributed by atoms with E-state index < -0.39 is 0 Å². The number of hydrogen-bond donors (Lipinski definition) is 1. The molecule has 0 amide bonds. The molecular weight excluding hydrogens is 254 g/mol. The zero-order chi connectivity index (χ0) is 13.8. The topological polar surface area (TPSA) is 74.2 Å². The zero-order valence-electron chi connectivity index (χ0n) is 11.4. The van der Waals surface area contributed by atoms with Crippen LogP contribution in [-0.2, 0) is 17.6 Å². The number of ether oxygens (including phenoxy) is 1. The molecule has 1 atom stereocenters. The van der Waals surface area contributed by atoms with Crippen molar-refractivity contribution in [2.45, 2.75) is 38.2 Å². The lowest BCUT2D eigenvalue weighted by atomic mass is 10.1. The highest BCUT2D eigenvalue weighted by atomic mass is 16.5. The van der Waals surface area contributed by atoms with Gasteiger partial charge in [-0.15, -0.1) is 0 Å². The summed E-state index contributed by atoms with van der Waals surface area (Å²) in [6, 6.07) is 7.71. The number of anilines is 1. The number of hydrogen-bond acceptors (Lipinski definition) is 5. The highest BCUT2D eigenvalue weighted by molar-refractivity contribution is 5.39. The number of rotatable bonds is 4. The summed E-state index contributed by atoms with van der Waals surface area (Å²) in [5.74, 6) is 1.38. The van der Waals surface area contributed by atoms with E-state index in [-0.39, 0.29) is 6.10 Å². The Bertz CT molecular complexity index is 545. The van der Waals surface area contributed by atoms with Gasteiger partial charge < -0.3 is 15.0 Å². The summed E-state index contributed by atoms with van der Waals surface area (Å²) in [7, 11) is 0. The second kappa shape index (κ2) is 6.05. The first-order chi connectivity index (χ1) is 9.79. The molecule has 5 heteroatoms. The van der Waals surface area contributed by atoms with E-state index in [9.17, 15) is 0 Å². The lowest BCUT2D eigenvalue weighted by Crippen LogP contribution is -2.21. The molecule has 1 unspecified atom stereocenters. The fourth-order valence-corrected chi connectivity index (χ4v) is 2.43. The van der Waals surface area contributed by atoms with Crippen molar-refractivity contribution in [1.82, 2.24) is 10.1 Å². The maximum Gasteiger partial charge on any atom is 0.231 e. The predicted octanol–water partition coefficient (Wildman–Crippen LogP) is 2.35. The summed E-state index contributed by atoms with van der Waals surface area (Å²) in [4.78, 5) is 4.43. The van der Waals surface area contributed by atoms with Gasteiger partial charge in [0, 0.05) is 18.7 Å². The first-order valence-electron chi connectivity index (χ1n) is 7.07. The summed E-state index contributed by atoms with van der Waals surface area (Å²) in [5, 5.41) is 4.03. The number of nitrogens with two attached hydrogens (primary N) is 1. The van der Waals surface area contributed by atoms with Crippen LogP contribution in [0.5, 0.6) is 0 Å². The van der Waals surface area contributed by atoms with Gasteiger partial charge in [-0.3, -0.25) is 0 Å². The Labute approximate surface area is 118 Å². The Morgan fingerprint density at radius 3 is 2.80 bits per heavy atom. The normalized spacial score (nSPS) is 19.1. The fraction of sp³-hybridized carbons (Fsp3) is 0.467. The van der Waals surface area contributed by atoms with E-state index in [1.54, 1.807) is 0 Å². The molecule has 2 aromatic rings. The average molecular weight is 273 g/mol. The third kappa shape index (κ3) is 3.36. The average Bonchev–Trinajstić information content (AvgIpc) is 2.90. The second-order valence-corrected chi connectivity index (χ2v) is 5.22. The van der Waals surface area contributed by atoms with Crippen molar-refractivity contribution in [3.05, 3.63) is 41.5 Å². The molecule has 20 heavy (non-hydrogen) atoms. The van der Waals surface area contributed by atoms with Crippen LogP contribution >= 0.6 is 0 Å². The smallest absolute Gasteiger partial charge is 0.231 e. The van der Waals surface area contributed by atoms with Crippen molar-refractivity contribution < 1.29 is 9.26 Å². The van der Waals surface area contributed by atoms with E-state index >= 15 is 0 Å². The van der Waals surface area contributed by atoms with E-state index in [1.807, 2.05) is 24.3 Å². The molecule has 106 valence electrons. The minimum Gasteiger partial charge on any atom is -0.399 e. The molecule has 0 spiro atoms. The van der Waals surface area contributed by atoms with Crippen LogP contribution in [0.4, 0.5) is 5.69 Å². The number of aromatic nitrogens is 2. The molecule has 0 aliphatic carbocycles. The van der Waals surface area contributed by atoms with Crippen LogP contribution in [0.2, 0.25) is 0 Å². The van der Waals surface area contributed by atoms with Crippen LogP contribution in [0.1, 0.15) is 36.5 Å². The Balaban J connectivity index is 1.60. The van der Waals surface area contributed by atoms with Gasteiger partial charge in [-0.2, -0.15) is 4.98 Å². The van der Waals surface area contributed by atoms with Gasteiger partial charge >= 0.3 is 0 Å². The Morgan fingerprint density at radius 2 is 2.05 bits per heavy atom. The summed E-state index contributed by atoms with van der Waals surface area (Å²) >= 11 is 0. The van der Waals surface area contributed by atoms with Crippen molar-refractivity contribution in [2.24, 2.45) is 0 Å². The molecule has 0 saturated carbocycles. The number of nitrogen functional groups attached to an aromatic ring is 1. The highest BCUT2D eigenvalue weighted by Gasteiger charge is 2.17. The summed E-state index contributed by atoms with van der Waals surface area (Å²) in [5.41, 5.74) is 7.54. The lowest BCUT2D eigenvalue weighted by Gasteiger charge is -2.20. The molecule has 1 aliphatic heterocycles. The van der Waals surface area contributed by atoms with Crippen LogP contribution in [0.3, 0.4) is 0 Å². The van der Waals surface area contributed by atoms with Gasteiger partial charge in [-0.05, 0) is 37.0 Å². The maximum atomic E-state index is 5.69. The van der Waals surface area contributed by atoms with Gasteiger partial charge in [0.15, 0.2) is 5.82 Å². The van der Waals surface area contributed by atoms with Gasteiger partial charge in [0.2, 0.25) is 5.89 Å². The van der Waals surface area contributed by atoms with Crippen LogP contribution in [-0.4, -0.2) is 22.9 Å². The third-order valence-electron chi connectivity index (χ3n) is 3.53. The highest BCUT2D eigenvalue weighted by Crippen LogP contribution is 2.17. The zero-order valence-corrected chi connectivity index (χ0v) is 11.4. The van der Waals surface area contributed by atoms with Crippen molar-refractivity contribution in [2.75, 3.05) is 12.3 Å². The van der Waals surface area contributed by atoms with Crippen molar-refractivity contribution in [1.29, 1.82) is 0 Å². The van der Waals surface area contributed by atoms with Gasteiger partial charge in [0.05, 0.1) is 12.5 Å². The molecule has 2 N–H and O–H groups in total. The van der Waals surface area contributed by atoms with Gasteiger partial charge in [0.1, 0.15) is 0 Å². The molecule has 1 aromatic carbocycles. The van der Waals surface area contributed by atoms with Gasteiger partial charge in [0.25, 0.3) is 0 Å². The van der Waals surface area contributed by atoms with Crippen molar-refractivity contribution >= 4 is 5.69 Å². The lowest BCUT2D eigenvalue weighted by molar-refractivity contribution is 0.0153. The number of benzene rings is 1. The second-order valence-electron chi connectivity index (χ2n) is 5.22. The van der Waals surface area contributed by atoms with Crippen LogP contribution in [0.15, 0.2) is 28.8 Å². The molecule has 0 radical (unpaired) electrons. The van der Waals surface area contributed by atoms with Gasteiger partial charge in [-0.25, -0.2) is 0 Å².